The molecule has 0 aromatic rings. The van der Waals surface area contributed by atoms with E-state index >= 15 is 0 Å². The van der Waals surface area contributed by atoms with Gasteiger partial charge in [-0.05, 0) is 10.2 Å². The van der Waals surface area contributed by atoms with Gasteiger partial charge in [0.25, 0.3) is 0 Å². The molecule has 3 nitrogen and oxygen atoms in total. The molecule has 0 bridgehead atoms. The molecule has 0 saturated heterocycles. The number of hydrogen-bond acceptors (Lipinski definition) is 2. The highest BCUT2D eigenvalue weighted by Crippen LogP contribution is 2.04. The molecule has 0 spiro atoms. The molecule has 0 aromatic heterocycles. The van der Waals surface area contributed by atoms with Crippen LogP contribution in [0.5, 0.6) is 0 Å². The molecule has 1 N–H and O–H groups in total. The van der Waals surface area contributed by atoms with Crippen LogP contribution in [0.2, 0.25) is 0 Å². The van der Waals surface area contributed by atoms with Crippen LogP contribution in [0.25, 0.3) is 0 Å². The van der Waals surface area contributed by atoms with E-state index in [1.54, 1.807) is 6.08 Å². The quantitative estimate of drug-likeness (QED) is 0.748. The summed E-state index contributed by atoms with van der Waals surface area (Å²) in [5.41, 5.74) is 0.651. The molecule has 10 heavy (non-hydrogen) atoms. The third kappa shape index (κ3) is 2.38. The SMILES string of the molecule is O=C(O)CC1=NC=IC=C1. The standard InChI is InChI=1S/C6H6INO2/c9-6(10)3-5-1-2-7-4-8-5/h1-2,4H,3H2,(H,9,10). The minimum Gasteiger partial charge on any atom is -0.481 e. The van der Waals surface area contributed by atoms with Gasteiger partial charge in [-0.3, -0.25) is 9.79 Å². The van der Waals surface area contributed by atoms with Gasteiger partial charge in [-0.25, -0.2) is 0 Å². The summed E-state index contributed by atoms with van der Waals surface area (Å²) in [6.45, 7) is 0. The van der Waals surface area contributed by atoms with Crippen LogP contribution in [-0.2, 0) is 4.79 Å². The zero-order valence-corrected chi connectivity index (χ0v) is 7.28. The fourth-order valence-corrected chi connectivity index (χ4v) is 1.86. The maximum atomic E-state index is 10.1. The number of allylic oxidation sites excluding steroid dienone is 1. The minimum absolute atomic E-state index is 0.0244. The summed E-state index contributed by atoms with van der Waals surface area (Å²) in [4.78, 5) is 14.1. The Labute approximate surface area is 68.2 Å². The summed E-state index contributed by atoms with van der Waals surface area (Å²) in [5.74, 6) is -0.822. The first kappa shape index (κ1) is 7.59. The molecular weight excluding hydrogens is 245 g/mol. The Morgan fingerprint density at radius 1 is 1.80 bits per heavy atom. The van der Waals surface area contributed by atoms with E-state index in [-0.39, 0.29) is 27.2 Å². The first-order valence-electron chi connectivity index (χ1n) is 2.68. The Balaban J connectivity index is 2.58. The number of aliphatic carboxylic acids is 1. The Kier molecular flexibility index (Phi) is 2.73. The second-order valence-electron chi connectivity index (χ2n) is 1.71. The fraction of sp³-hybridized carbons (Fsp3) is 0.167. The lowest BCUT2D eigenvalue weighted by atomic mass is 10.3. The first-order chi connectivity index (χ1) is 4.79. The van der Waals surface area contributed by atoms with Gasteiger partial charge < -0.3 is 5.11 Å². The lowest BCUT2D eigenvalue weighted by Gasteiger charge is -1.95. The first-order valence-corrected chi connectivity index (χ1v) is 5.17. The van der Waals surface area contributed by atoms with Gasteiger partial charge >= 0.3 is 5.97 Å². The van der Waals surface area contributed by atoms with E-state index in [1.165, 1.54) is 0 Å². The number of halogens is 1. The number of rotatable bonds is 2. The molecular formula is C6H6INO2. The van der Waals surface area contributed by atoms with Crippen molar-refractivity contribution in [3.63, 3.8) is 0 Å². The van der Waals surface area contributed by atoms with Crippen molar-refractivity contribution in [2.24, 2.45) is 4.99 Å². The number of carboxylic acids is 1. The van der Waals surface area contributed by atoms with Crippen molar-refractivity contribution >= 4 is 36.5 Å². The summed E-state index contributed by atoms with van der Waals surface area (Å²) in [5, 5.41) is 8.35. The van der Waals surface area contributed by atoms with Gasteiger partial charge in [0.15, 0.2) is 0 Å². The second kappa shape index (κ2) is 3.60. The maximum absolute atomic E-state index is 10.1. The van der Waals surface area contributed by atoms with Crippen LogP contribution < -0.4 is 0 Å². The summed E-state index contributed by atoms with van der Waals surface area (Å²) >= 11 is -0.0244. The van der Waals surface area contributed by atoms with E-state index in [0.29, 0.717) is 5.71 Å². The molecule has 0 saturated carbocycles. The fourth-order valence-electron chi connectivity index (χ4n) is 0.535. The van der Waals surface area contributed by atoms with Crippen LogP contribution in [0.3, 0.4) is 0 Å². The number of carboxylic acid groups (broad SMARTS) is 1. The molecule has 0 fully saturated rings. The Morgan fingerprint density at radius 2 is 2.60 bits per heavy atom. The van der Waals surface area contributed by atoms with Gasteiger partial charge in [0, 0.05) is 0 Å². The maximum Gasteiger partial charge on any atom is 0.309 e. The Morgan fingerprint density at radius 3 is 3.10 bits per heavy atom. The molecule has 0 aromatic carbocycles. The van der Waals surface area contributed by atoms with Crippen molar-refractivity contribution in [3.05, 3.63) is 10.2 Å². The van der Waals surface area contributed by atoms with Crippen molar-refractivity contribution in [3.8, 4) is 0 Å². The van der Waals surface area contributed by atoms with E-state index in [0.717, 1.165) is 0 Å². The lowest BCUT2D eigenvalue weighted by molar-refractivity contribution is -0.135. The number of aliphatic imine (C=N–C) groups is 1. The second-order valence-corrected chi connectivity index (χ2v) is 3.70. The van der Waals surface area contributed by atoms with Crippen LogP contribution in [-0.4, -0.2) is 20.9 Å². The van der Waals surface area contributed by atoms with E-state index in [2.05, 4.69) is 4.99 Å². The molecule has 1 aliphatic rings. The van der Waals surface area contributed by atoms with E-state index < -0.39 is 5.97 Å². The van der Waals surface area contributed by atoms with Gasteiger partial charge in [-0.2, -0.15) is 0 Å². The molecule has 4 heteroatoms. The zero-order valence-electron chi connectivity index (χ0n) is 5.12. The monoisotopic (exact) mass is 251 g/mol. The summed E-state index contributed by atoms with van der Waals surface area (Å²) in [7, 11) is 0. The van der Waals surface area contributed by atoms with Crippen molar-refractivity contribution < 1.29 is 9.90 Å². The van der Waals surface area contributed by atoms with Gasteiger partial charge in [-0.1, -0.05) is 20.7 Å². The van der Waals surface area contributed by atoms with Crippen LogP contribution in [0.15, 0.2) is 15.2 Å². The van der Waals surface area contributed by atoms with Gasteiger partial charge in [0.1, 0.15) is 0 Å². The van der Waals surface area contributed by atoms with Crippen molar-refractivity contribution in [1.82, 2.24) is 0 Å². The Hall–Kier alpha value is -0.520. The summed E-state index contributed by atoms with van der Waals surface area (Å²) in [6, 6.07) is 0. The highest BCUT2D eigenvalue weighted by Gasteiger charge is 2.01. The highest BCUT2D eigenvalue weighted by atomic mass is 127. The Bertz CT molecular complexity index is 230. The number of nitrogens with zero attached hydrogens (tertiary/aromatic N) is 1. The number of hydrogen-bond donors (Lipinski definition) is 1. The largest absolute Gasteiger partial charge is 0.481 e. The molecule has 54 valence electrons. The van der Waals surface area contributed by atoms with Crippen LogP contribution in [0.1, 0.15) is 6.42 Å². The normalized spacial score (nSPS) is 15.8. The van der Waals surface area contributed by atoms with E-state index in [1.807, 2.05) is 8.22 Å². The lowest BCUT2D eigenvalue weighted by Crippen LogP contribution is -2.04. The van der Waals surface area contributed by atoms with Gasteiger partial charge in [0.2, 0.25) is 0 Å². The van der Waals surface area contributed by atoms with Crippen molar-refractivity contribution in [2.45, 2.75) is 6.42 Å². The zero-order chi connectivity index (χ0) is 7.40. The van der Waals surface area contributed by atoms with Crippen LogP contribution in [0, 0.1) is 0 Å². The molecule has 1 heterocycles. The summed E-state index contributed by atoms with van der Waals surface area (Å²) in [6.07, 6.45) is 1.83. The van der Waals surface area contributed by atoms with E-state index in [4.69, 9.17) is 5.11 Å². The van der Waals surface area contributed by atoms with Gasteiger partial charge in [-0.15, -0.1) is 0 Å². The van der Waals surface area contributed by atoms with Gasteiger partial charge in [0.05, 0.1) is 16.3 Å². The highest BCUT2D eigenvalue weighted by molar-refractivity contribution is 14.2. The third-order valence-electron chi connectivity index (χ3n) is 0.931. The molecule has 0 aliphatic carbocycles. The smallest absolute Gasteiger partial charge is 0.309 e. The minimum atomic E-state index is -0.822. The summed E-state index contributed by atoms with van der Waals surface area (Å²) < 4.78 is 3.82. The molecule has 0 unspecified atom stereocenters. The molecule has 1 aliphatic heterocycles. The third-order valence-corrected chi connectivity index (χ3v) is 2.31. The average molecular weight is 251 g/mol. The van der Waals surface area contributed by atoms with Crippen LogP contribution >= 0.6 is 20.7 Å². The average Bonchev–Trinajstić information content (AvgIpc) is 1.88. The van der Waals surface area contributed by atoms with E-state index in [9.17, 15) is 4.79 Å². The predicted molar refractivity (Wildman–Crippen MR) is 48.9 cm³/mol. The molecule has 0 amide bonds. The van der Waals surface area contributed by atoms with Crippen molar-refractivity contribution in [2.75, 3.05) is 0 Å². The molecule has 0 atom stereocenters. The molecule has 1 rings (SSSR count). The van der Waals surface area contributed by atoms with Crippen LogP contribution in [0.4, 0.5) is 0 Å². The van der Waals surface area contributed by atoms with Crippen molar-refractivity contribution in [1.29, 1.82) is 0 Å². The topological polar surface area (TPSA) is 49.7 Å². The number of carbonyl (C=O) groups is 1. The predicted octanol–water partition coefficient (Wildman–Crippen LogP) is 1.16. The molecule has 0 radical (unpaired) electrons.